The first-order valence-electron chi connectivity index (χ1n) is 9.14. The van der Waals surface area contributed by atoms with Gasteiger partial charge in [0.05, 0.1) is 17.9 Å². The summed E-state index contributed by atoms with van der Waals surface area (Å²) in [4.78, 5) is 21.2. The Labute approximate surface area is 161 Å². The van der Waals surface area contributed by atoms with E-state index in [1.54, 1.807) is 24.7 Å². The molecule has 3 heterocycles. The van der Waals surface area contributed by atoms with E-state index in [2.05, 4.69) is 45.3 Å². The van der Waals surface area contributed by atoms with Crippen molar-refractivity contribution in [3.63, 3.8) is 0 Å². The van der Waals surface area contributed by atoms with Crippen molar-refractivity contribution in [3.05, 3.63) is 75.6 Å². The van der Waals surface area contributed by atoms with Crippen LogP contribution < -0.4 is 5.56 Å². The van der Waals surface area contributed by atoms with Gasteiger partial charge in [0.15, 0.2) is 0 Å². The maximum Gasteiger partial charge on any atom is 0.278 e. The molecule has 7 nitrogen and oxygen atoms in total. The zero-order valence-corrected chi connectivity index (χ0v) is 15.6. The Balaban J connectivity index is 1.66. The van der Waals surface area contributed by atoms with Crippen molar-refractivity contribution in [1.82, 2.24) is 29.5 Å². The number of allylic oxidation sites excluding steroid dienone is 1. The van der Waals surface area contributed by atoms with Gasteiger partial charge in [-0.15, -0.1) is 0 Å². The molecule has 28 heavy (non-hydrogen) atoms. The molecule has 0 radical (unpaired) electrons. The van der Waals surface area contributed by atoms with Gasteiger partial charge in [-0.05, 0) is 54.7 Å². The van der Waals surface area contributed by atoms with Gasteiger partial charge in [-0.2, -0.15) is 14.9 Å². The molecule has 1 aromatic carbocycles. The van der Waals surface area contributed by atoms with Crippen molar-refractivity contribution in [3.8, 4) is 5.95 Å². The monoisotopic (exact) mass is 370 g/mol. The number of hydrogen-bond donors (Lipinski definition) is 0. The van der Waals surface area contributed by atoms with Crippen LogP contribution in [0.2, 0.25) is 0 Å². The Morgan fingerprint density at radius 3 is 2.68 bits per heavy atom. The summed E-state index contributed by atoms with van der Waals surface area (Å²) in [5.74, 6) is 0.293. The van der Waals surface area contributed by atoms with E-state index in [1.165, 1.54) is 21.4 Å². The van der Waals surface area contributed by atoms with E-state index >= 15 is 0 Å². The number of benzene rings is 1. The second-order valence-corrected chi connectivity index (χ2v) is 6.97. The van der Waals surface area contributed by atoms with Gasteiger partial charge < -0.3 is 0 Å². The maximum absolute atomic E-state index is 12.9. The second kappa shape index (κ2) is 6.23. The molecule has 0 fully saturated rings. The molecule has 1 aliphatic carbocycles. The van der Waals surface area contributed by atoms with Crippen LogP contribution in [0.25, 0.3) is 28.5 Å². The average molecular weight is 370 g/mol. The molecule has 0 saturated carbocycles. The summed E-state index contributed by atoms with van der Waals surface area (Å²) < 4.78 is 3.15. The van der Waals surface area contributed by atoms with E-state index in [4.69, 9.17) is 0 Å². The molecule has 4 aromatic rings. The molecule has 0 aliphatic heterocycles. The molecule has 0 unspecified atom stereocenters. The quantitative estimate of drug-likeness (QED) is 0.542. The Hall–Kier alpha value is -3.61. The highest BCUT2D eigenvalue weighted by atomic mass is 16.1. The Kier molecular flexibility index (Phi) is 3.68. The summed E-state index contributed by atoms with van der Waals surface area (Å²) in [5, 5.41) is 9.84. The first-order chi connectivity index (χ1) is 13.6. The fourth-order valence-corrected chi connectivity index (χ4v) is 3.90. The van der Waals surface area contributed by atoms with Gasteiger partial charge in [0.25, 0.3) is 11.5 Å². The van der Waals surface area contributed by atoms with Crippen molar-refractivity contribution >= 4 is 22.6 Å². The maximum atomic E-state index is 12.9. The SMILES string of the molecule is Cc1ccc2c(cnn2C)c1C1=Cc2cnn(-c3ncccn3)c(=O)c2CC1. The number of aromatic nitrogens is 6. The van der Waals surface area contributed by atoms with Crippen LogP contribution >= 0.6 is 0 Å². The van der Waals surface area contributed by atoms with Crippen molar-refractivity contribution in [2.45, 2.75) is 19.8 Å². The summed E-state index contributed by atoms with van der Waals surface area (Å²) in [6.45, 7) is 2.11. The predicted molar refractivity (Wildman–Crippen MR) is 107 cm³/mol. The minimum atomic E-state index is -0.157. The zero-order valence-electron chi connectivity index (χ0n) is 15.6. The lowest BCUT2D eigenvalue weighted by atomic mass is 9.87. The van der Waals surface area contributed by atoms with Crippen LogP contribution in [0.5, 0.6) is 0 Å². The third kappa shape index (κ3) is 2.47. The fraction of sp³-hybridized carbons (Fsp3) is 0.190. The molecule has 0 saturated heterocycles. The van der Waals surface area contributed by atoms with Gasteiger partial charge in [-0.25, -0.2) is 9.97 Å². The number of hydrogen-bond acceptors (Lipinski definition) is 5. The summed E-state index contributed by atoms with van der Waals surface area (Å²) in [7, 11) is 1.95. The zero-order chi connectivity index (χ0) is 19.3. The van der Waals surface area contributed by atoms with Crippen molar-refractivity contribution in [1.29, 1.82) is 0 Å². The standard InChI is InChI=1S/C21H18N6O/c1-13-4-7-18-17(12-24-26(18)2)19(13)14-5-6-16-15(10-14)11-25-27(20(16)28)21-22-8-3-9-23-21/h3-4,7-12H,5-6H2,1-2H3. The third-order valence-corrected chi connectivity index (χ3v) is 5.29. The van der Waals surface area contributed by atoms with Crippen LogP contribution in [0.4, 0.5) is 0 Å². The van der Waals surface area contributed by atoms with E-state index in [0.29, 0.717) is 12.4 Å². The van der Waals surface area contributed by atoms with Gasteiger partial charge in [0.1, 0.15) is 0 Å². The number of fused-ring (bicyclic) bond motifs is 2. The van der Waals surface area contributed by atoms with Gasteiger partial charge in [-0.3, -0.25) is 9.48 Å². The van der Waals surface area contributed by atoms with E-state index in [1.807, 2.05) is 17.9 Å². The first kappa shape index (κ1) is 16.6. The fourth-order valence-electron chi connectivity index (χ4n) is 3.90. The molecule has 7 heteroatoms. The summed E-state index contributed by atoms with van der Waals surface area (Å²) in [6, 6.07) is 5.93. The Morgan fingerprint density at radius 2 is 1.86 bits per heavy atom. The molecule has 138 valence electrons. The smallest absolute Gasteiger partial charge is 0.268 e. The van der Waals surface area contributed by atoms with Crippen LogP contribution in [-0.2, 0) is 13.5 Å². The average Bonchev–Trinajstić information content (AvgIpc) is 3.09. The largest absolute Gasteiger partial charge is 0.278 e. The lowest BCUT2D eigenvalue weighted by molar-refractivity contribution is 0.730. The molecule has 5 rings (SSSR count). The number of aryl methyl sites for hydroxylation is 2. The van der Waals surface area contributed by atoms with Crippen LogP contribution in [0.15, 0.2) is 47.8 Å². The third-order valence-electron chi connectivity index (χ3n) is 5.29. The van der Waals surface area contributed by atoms with Gasteiger partial charge in [0, 0.05) is 36.0 Å². The van der Waals surface area contributed by atoms with Gasteiger partial charge >= 0.3 is 0 Å². The van der Waals surface area contributed by atoms with Crippen molar-refractivity contribution in [2.75, 3.05) is 0 Å². The van der Waals surface area contributed by atoms with Gasteiger partial charge in [-0.1, -0.05) is 6.07 Å². The lowest BCUT2D eigenvalue weighted by Gasteiger charge is -2.19. The normalized spacial score (nSPS) is 13.4. The van der Waals surface area contributed by atoms with Crippen LogP contribution in [0, 0.1) is 6.92 Å². The number of rotatable bonds is 2. The molecule has 0 spiro atoms. The molecular formula is C21H18N6O. The van der Waals surface area contributed by atoms with Gasteiger partial charge in [0.2, 0.25) is 0 Å². The van der Waals surface area contributed by atoms with E-state index in [-0.39, 0.29) is 5.56 Å². The van der Waals surface area contributed by atoms with E-state index < -0.39 is 0 Å². The molecular weight excluding hydrogens is 352 g/mol. The van der Waals surface area contributed by atoms with Crippen LogP contribution in [0.1, 0.15) is 28.7 Å². The molecule has 0 atom stereocenters. The highest BCUT2D eigenvalue weighted by molar-refractivity contribution is 5.98. The lowest BCUT2D eigenvalue weighted by Crippen LogP contribution is -2.28. The first-order valence-corrected chi connectivity index (χ1v) is 9.14. The van der Waals surface area contributed by atoms with Crippen LogP contribution in [0.3, 0.4) is 0 Å². The summed E-state index contributed by atoms with van der Waals surface area (Å²) >= 11 is 0. The summed E-state index contributed by atoms with van der Waals surface area (Å²) in [6.07, 6.45) is 10.4. The van der Waals surface area contributed by atoms with Crippen molar-refractivity contribution < 1.29 is 0 Å². The molecule has 3 aromatic heterocycles. The van der Waals surface area contributed by atoms with E-state index in [0.717, 1.165) is 28.5 Å². The minimum absolute atomic E-state index is 0.157. The second-order valence-electron chi connectivity index (χ2n) is 6.97. The molecule has 1 aliphatic rings. The highest BCUT2D eigenvalue weighted by Crippen LogP contribution is 2.35. The predicted octanol–water partition coefficient (Wildman–Crippen LogP) is 2.70. The molecule has 0 amide bonds. The summed E-state index contributed by atoms with van der Waals surface area (Å²) in [5.41, 5.74) is 6.16. The highest BCUT2D eigenvalue weighted by Gasteiger charge is 2.20. The van der Waals surface area contributed by atoms with Crippen LogP contribution in [-0.4, -0.2) is 29.5 Å². The molecule has 0 N–H and O–H groups in total. The Morgan fingerprint density at radius 1 is 1.04 bits per heavy atom. The molecule has 0 bridgehead atoms. The van der Waals surface area contributed by atoms with Crippen molar-refractivity contribution in [2.24, 2.45) is 7.05 Å². The minimum Gasteiger partial charge on any atom is -0.268 e. The number of nitrogens with zero attached hydrogens (tertiary/aromatic N) is 6. The topological polar surface area (TPSA) is 78.5 Å². The Bertz CT molecular complexity index is 1300. The van der Waals surface area contributed by atoms with E-state index in [9.17, 15) is 4.79 Å².